The van der Waals surface area contributed by atoms with Crippen LogP contribution in [0.2, 0.25) is 0 Å². The van der Waals surface area contributed by atoms with E-state index in [4.69, 9.17) is 0 Å². The lowest BCUT2D eigenvalue weighted by Crippen LogP contribution is -2.31. The number of aromatic nitrogens is 2. The van der Waals surface area contributed by atoms with Gasteiger partial charge >= 0.3 is 5.69 Å². The summed E-state index contributed by atoms with van der Waals surface area (Å²) in [5.41, 5.74) is 0.0198. The summed E-state index contributed by atoms with van der Waals surface area (Å²) in [7, 11) is 0. The van der Waals surface area contributed by atoms with E-state index in [1.165, 1.54) is 0 Å². The number of H-pyrrole nitrogens is 1. The molecule has 1 aromatic rings. The molecule has 1 atom stereocenters. The zero-order valence-electron chi connectivity index (χ0n) is 7.95. The summed E-state index contributed by atoms with van der Waals surface area (Å²) in [4.78, 5) is 24.9. The van der Waals surface area contributed by atoms with Crippen LogP contribution in [0.3, 0.4) is 0 Å². The summed E-state index contributed by atoms with van der Waals surface area (Å²) >= 11 is 1.77. The first kappa shape index (κ1) is 9.58. The highest BCUT2D eigenvalue weighted by atomic mass is 32.2. The van der Waals surface area contributed by atoms with Gasteiger partial charge in [0.2, 0.25) is 0 Å². The van der Waals surface area contributed by atoms with Crippen molar-refractivity contribution in [2.45, 2.75) is 25.1 Å². The minimum Gasteiger partial charge on any atom is -0.288 e. The van der Waals surface area contributed by atoms with Gasteiger partial charge in [-0.1, -0.05) is 0 Å². The number of hydrogen-bond donors (Lipinski definition) is 1. The fourth-order valence-corrected chi connectivity index (χ4v) is 2.84. The molecule has 0 amide bonds. The van der Waals surface area contributed by atoms with Gasteiger partial charge in [0.25, 0.3) is 5.56 Å². The molecular weight excluding hydrogens is 200 g/mol. The smallest absolute Gasteiger partial charge is 0.288 e. The molecule has 0 aromatic carbocycles. The number of aromatic amines is 1. The Balaban J connectivity index is 2.47. The Labute approximate surface area is 85.3 Å². The van der Waals surface area contributed by atoms with Crippen molar-refractivity contribution in [3.05, 3.63) is 32.6 Å². The number of nitrogens with one attached hydrogen (secondary N) is 1. The van der Waals surface area contributed by atoms with Gasteiger partial charge in [0.1, 0.15) is 0 Å². The molecule has 2 rings (SSSR count). The van der Waals surface area contributed by atoms with Gasteiger partial charge in [-0.05, 0) is 25.5 Å². The second-order valence-electron chi connectivity index (χ2n) is 3.45. The molecule has 5 heteroatoms. The van der Waals surface area contributed by atoms with Crippen LogP contribution < -0.4 is 11.2 Å². The standard InChI is InChI=1S/C9H12N2O2S/c1-6-5-11(7-3-2-4-14-7)9(13)10-8(6)12/h5,7H,2-4H2,1H3,(H,10,12,13). The molecule has 1 aliphatic heterocycles. The molecule has 1 aliphatic rings. The van der Waals surface area contributed by atoms with Crippen LogP contribution in [0.25, 0.3) is 0 Å². The highest BCUT2D eigenvalue weighted by Crippen LogP contribution is 2.34. The number of thioether (sulfide) groups is 1. The predicted molar refractivity (Wildman–Crippen MR) is 56.8 cm³/mol. The van der Waals surface area contributed by atoms with E-state index in [1.54, 1.807) is 29.4 Å². The second kappa shape index (κ2) is 3.65. The Kier molecular flexibility index (Phi) is 2.50. The molecule has 4 nitrogen and oxygen atoms in total. The third-order valence-corrected chi connectivity index (χ3v) is 3.73. The summed E-state index contributed by atoms with van der Waals surface area (Å²) in [5.74, 6) is 1.09. The van der Waals surface area contributed by atoms with Crippen LogP contribution in [0.4, 0.5) is 0 Å². The van der Waals surface area contributed by atoms with Gasteiger partial charge in [-0.25, -0.2) is 4.79 Å². The van der Waals surface area contributed by atoms with Gasteiger partial charge in [-0.2, -0.15) is 0 Å². The largest absolute Gasteiger partial charge is 0.329 e. The average molecular weight is 212 g/mol. The van der Waals surface area contributed by atoms with Crippen molar-refractivity contribution in [1.82, 2.24) is 9.55 Å². The molecule has 1 aromatic heterocycles. The lowest BCUT2D eigenvalue weighted by atomic mass is 10.3. The van der Waals surface area contributed by atoms with Crippen molar-refractivity contribution in [2.75, 3.05) is 5.75 Å². The summed E-state index contributed by atoms with van der Waals surface area (Å²) in [6.07, 6.45) is 3.81. The first-order valence-corrected chi connectivity index (χ1v) is 5.67. The van der Waals surface area contributed by atoms with Crippen molar-refractivity contribution in [3.8, 4) is 0 Å². The normalized spacial score (nSPS) is 21.4. The zero-order chi connectivity index (χ0) is 10.1. The topological polar surface area (TPSA) is 54.9 Å². The first-order valence-electron chi connectivity index (χ1n) is 4.62. The minimum atomic E-state index is -0.292. The van der Waals surface area contributed by atoms with Crippen molar-refractivity contribution >= 4 is 11.8 Å². The first-order chi connectivity index (χ1) is 6.68. The van der Waals surface area contributed by atoms with Gasteiger partial charge in [0.15, 0.2) is 0 Å². The molecule has 1 unspecified atom stereocenters. The highest BCUT2D eigenvalue weighted by molar-refractivity contribution is 7.99. The van der Waals surface area contributed by atoms with E-state index in [0.29, 0.717) is 5.56 Å². The average Bonchev–Trinajstić information content (AvgIpc) is 2.64. The Morgan fingerprint density at radius 2 is 2.36 bits per heavy atom. The maximum Gasteiger partial charge on any atom is 0.329 e. The van der Waals surface area contributed by atoms with E-state index in [0.717, 1.165) is 18.6 Å². The van der Waals surface area contributed by atoms with E-state index < -0.39 is 0 Å². The van der Waals surface area contributed by atoms with Crippen LogP contribution in [-0.2, 0) is 0 Å². The second-order valence-corrected chi connectivity index (χ2v) is 4.73. The molecule has 1 saturated heterocycles. The van der Waals surface area contributed by atoms with Crippen LogP contribution in [0.15, 0.2) is 15.8 Å². The van der Waals surface area contributed by atoms with Crippen LogP contribution in [0.5, 0.6) is 0 Å². The quantitative estimate of drug-likeness (QED) is 0.751. The third kappa shape index (κ3) is 1.64. The van der Waals surface area contributed by atoms with Crippen LogP contribution >= 0.6 is 11.8 Å². The van der Waals surface area contributed by atoms with Crippen LogP contribution in [0, 0.1) is 6.92 Å². The summed E-state index contributed by atoms with van der Waals surface area (Å²) in [6.45, 7) is 1.72. The highest BCUT2D eigenvalue weighted by Gasteiger charge is 2.18. The van der Waals surface area contributed by atoms with Crippen molar-refractivity contribution in [3.63, 3.8) is 0 Å². The Hall–Kier alpha value is -0.970. The fourth-order valence-electron chi connectivity index (χ4n) is 1.58. The monoisotopic (exact) mass is 212 g/mol. The molecule has 0 bridgehead atoms. The Morgan fingerprint density at radius 3 is 3.00 bits per heavy atom. The SMILES string of the molecule is Cc1cn(C2CCCS2)c(=O)[nH]c1=O. The molecule has 0 radical (unpaired) electrons. The predicted octanol–water partition coefficient (Wildman–Crippen LogP) is 0.871. The van der Waals surface area contributed by atoms with Crippen molar-refractivity contribution < 1.29 is 0 Å². The molecule has 0 aliphatic carbocycles. The lowest BCUT2D eigenvalue weighted by molar-refractivity contribution is 0.602. The molecule has 0 saturated carbocycles. The summed E-state index contributed by atoms with van der Waals surface area (Å²) in [6, 6.07) is 0. The molecule has 2 heterocycles. The third-order valence-electron chi connectivity index (χ3n) is 2.36. The van der Waals surface area contributed by atoms with Crippen molar-refractivity contribution in [2.24, 2.45) is 0 Å². The maximum atomic E-state index is 11.5. The Morgan fingerprint density at radius 1 is 1.57 bits per heavy atom. The molecule has 0 spiro atoms. The number of nitrogens with zero attached hydrogens (tertiary/aromatic N) is 1. The number of hydrogen-bond acceptors (Lipinski definition) is 3. The molecule has 76 valence electrons. The molecule has 1 N–H and O–H groups in total. The van der Waals surface area contributed by atoms with E-state index in [-0.39, 0.29) is 16.6 Å². The molecule has 14 heavy (non-hydrogen) atoms. The van der Waals surface area contributed by atoms with Crippen LogP contribution in [0.1, 0.15) is 23.8 Å². The molecule has 1 fully saturated rings. The molecular formula is C9H12N2O2S. The van der Waals surface area contributed by atoms with Gasteiger partial charge in [0, 0.05) is 11.8 Å². The fraction of sp³-hybridized carbons (Fsp3) is 0.556. The van der Waals surface area contributed by atoms with Gasteiger partial charge in [-0.3, -0.25) is 14.3 Å². The summed E-state index contributed by atoms with van der Waals surface area (Å²) < 4.78 is 1.63. The van der Waals surface area contributed by atoms with Crippen molar-refractivity contribution in [1.29, 1.82) is 0 Å². The Bertz CT molecular complexity index is 443. The lowest BCUT2D eigenvalue weighted by Gasteiger charge is -2.11. The minimum absolute atomic E-state index is 0.207. The van der Waals surface area contributed by atoms with Gasteiger partial charge < -0.3 is 0 Å². The van der Waals surface area contributed by atoms with E-state index in [2.05, 4.69) is 4.98 Å². The van der Waals surface area contributed by atoms with Gasteiger partial charge in [0.05, 0.1) is 5.37 Å². The maximum absolute atomic E-state index is 11.5. The van der Waals surface area contributed by atoms with Gasteiger partial charge in [-0.15, -0.1) is 11.8 Å². The van der Waals surface area contributed by atoms with E-state index >= 15 is 0 Å². The number of rotatable bonds is 1. The zero-order valence-corrected chi connectivity index (χ0v) is 8.76. The van der Waals surface area contributed by atoms with Crippen LogP contribution in [-0.4, -0.2) is 15.3 Å². The van der Waals surface area contributed by atoms with E-state index in [1.807, 2.05) is 0 Å². The summed E-state index contributed by atoms with van der Waals surface area (Å²) in [5, 5.41) is 0.207. The number of aryl methyl sites for hydroxylation is 1. The van der Waals surface area contributed by atoms with E-state index in [9.17, 15) is 9.59 Å².